The summed E-state index contributed by atoms with van der Waals surface area (Å²) in [4.78, 5) is 26.2. The number of aryl methyl sites for hydroxylation is 2. The molecule has 2 aliphatic heterocycles. The van der Waals surface area contributed by atoms with Gasteiger partial charge in [-0.3, -0.25) is 4.79 Å². The highest BCUT2D eigenvalue weighted by Gasteiger charge is 2.26. The Hall–Kier alpha value is -2.29. The monoisotopic (exact) mass is 416 g/mol. The van der Waals surface area contributed by atoms with Gasteiger partial charge in [0, 0.05) is 55.7 Å². The van der Waals surface area contributed by atoms with Gasteiger partial charge < -0.3 is 19.6 Å². The molecule has 2 fully saturated rings. The molecule has 4 rings (SSSR count). The Morgan fingerprint density at radius 1 is 1.14 bits per heavy atom. The van der Waals surface area contributed by atoms with Crippen LogP contribution in [0, 0.1) is 19.8 Å². The first kappa shape index (κ1) is 20.0. The van der Waals surface area contributed by atoms with E-state index in [9.17, 15) is 4.79 Å². The number of nitrogens with zero attached hydrogens (tertiary/aromatic N) is 5. The summed E-state index contributed by atoms with van der Waals surface area (Å²) in [5, 5.41) is 6.98. The van der Waals surface area contributed by atoms with Crippen LogP contribution in [0.4, 0.5) is 11.6 Å². The molecule has 0 atom stereocenters. The van der Waals surface area contributed by atoms with Crippen LogP contribution in [0.25, 0.3) is 0 Å². The Balaban J connectivity index is 1.27. The molecule has 0 saturated carbocycles. The SMILES string of the molecule is Cc1noc(C)c1CNC(=O)C1CCN(c2cnc(N3CCSCC3)nc2)CC1. The van der Waals surface area contributed by atoms with Gasteiger partial charge in [0.2, 0.25) is 11.9 Å². The molecular formula is C20H28N6O2S. The summed E-state index contributed by atoms with van der Waals surface area (Å²) in [5.41, 5.74) is 2.85. The number of hydrogen-bond donors (Lipinski definition) is 1. The number of rotatable bonds is 5. The lowest BCUT2D eigenvalue weighted by molar-refractivity contribution is -0.125. The largest absolute Gasteiger partial charge is 0.369 e. The van der Waals surface area contributed by atoms with Crippen LogP contribution in [0.1, 0.15) is 29.9 Å². The summed E-state index contributed by atoms with van der Waals surface area (Å²) < 4.78 is 5.16. The number of piperidine rings is 1. The normalized spacial score (nSPS) is 18.1. The minimum absolute atomic E-state index is 0.0396. The number of anilines is 2. The topological polar surface area (TPSA) is 87.4 Å². The third-order valence-corrected chi connectivity index (χ3v) is 6.71. The van der Waals surface area contributed by atoms with E-state index in [1.807, 2.05) is 38.0 Å². The molecular weight excluding hydrogens is 388 g/mol. The predicted molar refractivity (Wildman–Crippen MR) is 114 cm³/mol. The van der Waals surface area contributed by atoms with Gasteiger partial charge in [0.05, 0.1) is 23.8 Å². The van der Waals surface area contributed by atoms with Gasteiger partial charge in [0.15, 0.2) is 0 Å². The lowest BCUT2D eigenvalue weighted by Crippen LogP contribution is -2.40. The molecule has 0 spiro atoms. The molecule has 4 heterocycles. The fourth-order valence-corrected chi connectivity index (χ4v) is 4.78. The summed E-state index contributed by atoms with van der Waals surface area (Å²) in [6.07, 6.45) is 5.50. The maximum absolute atomic E-state index is 12.6. The number of carbonyl (C=O) groups excluding carboxylic acids is 1. The zero-order valence-electron chi connectivity index (χ0n) is 17.1. The van der Waals surface area contributed by atoms with Crippen LogP contribution in [-0.4, -0.2) is 58.7 Å². The summed E-state index contributed by atoms with van der Waals surface area (Å²) in [7, 11) is 0. The molecule has 0 unspecified atom stereocenters. The second kappa shape index (κ2) is 9.02. The Kier molecular flexibility index (Phi) is 6.22. The number of aromatic nitrogens is 3. The molecule has 8 nitrogen and oxygen atoms in total. The highest BCUT2D eigenvalue weighted by Crippen LogP contribution is 2.24. The summed E-state index contributed by atoms with van der Waals surface area (Å²) >= 11 is 1.98. The van der Waals surface area contributed by atoms with E-state index in [1.54, 1.807) is 0 Å². The zero-order valence-corrected chi connectivity index (χ0v) is 17.9. The summed E-state index contributed by atoms with van der Waals surface area (Å²) in [6, 6.07) is 0. The molecule has 2 saturated heterocycles. The van der Waals surface area contributed by atoms with Crippen molar-refractivity contribution in [3.63, 3.8) is 0 Å². The first-order valence-electron chi connectivity index (χ1n) is 10.2. The third kappa shape index (κ3) is 4.66. The van der Waals surface area contributed by atoms with Gasteiger partial charge in [-0.1, -0.05) is 5.16 Å². The summed E-state index contributed by atoms with van der Waals surface area (Å²) in [6.45, 7) is 7.95. The maximum atomic E-state index is 12.6. The van der Waals surface area contributed by atoms with Crippen LogP contribution in [0.15, 0.2) is 16.9 Å². The molecule has 2 aliphatic rings. The first-order valence-corrected chi connectivity index (χ1v) is 11.4. The van der Waals surface area contributed by atoms with Gasteiger partial charge in [0.25, 0.3) is 0 Å². The third-order valence-electron chi connectivity index (χ3n) is 5.77. The van der Waals surface area contributed by atoms with Crippen LogP contribution >= 0.6 is 11.8 Å². The molecule has 1 N–H and O–H groups in total. The van der Waals surface area contributed by atoms with Crippen molar-refractivity contribution in [2.45, 2.75) is 33.2 Å². The highest BCUT2D eigenvalue weighted by molar-refractivity contribution is 7.99. The molecule has 156 valence electrons. The molecule has 2 aromatic rings. The Labute approximate surface area is 175 Å². The zero-order chi connectivity index (χ0) is 20.2. The molecule has 1 amide bonds. The van der Waals surface area contributed by atoms with Crippen LogP contribution in [0.2, 0.25) is 0 Å². The van der Waals surface area contributed by atoms with Crippen molar-refractivity contribution >= 4 is 29.3 Å². The number of carbonyl (C=O) groups is 1. The van der Waals surface area contributed by atoms with Gasteiger partial charge >= 0.3 is 0 Å². The van der Waals surface area contributed by atoms with Crippen molar-refractivity contribution in [1.29, 1.82) is 0 Å². The number of hydrogen-bond acceptors (Lipinski definition) is 8. The maximum Gasteiger partial charge on any atom is 0.225 e. The van der Waals surface area contributed by atoms with Crippen molar-refractivity contribution in [2.75, 3.05) is 47.5 Å². The smallest absolute Gasteiger partial charge is 0.225 e. The predicted octanol–water partition coefficient (Wildman–Crippen LogP) is 2.17. The van der Waals surface area contributed by atoms with E-state index in [2.05, 4.69) is 30.2 Å². The van der Waals surface area contributed by atoms with Crippen molar-refractivity contribution in [1.82, 2.24) is 20.4 Å². The van der Waals surface area contributed by atoms with E-state index in [0.29, 0.717) is 6.54 Å². The molecule has 0 radical (unpaired) electrons. The fourth-order valence-electron chi connectivity index (χ4n) is 3.88. The lowest BCUT2D eigenvalue weighted by Gasteiger charge is -2.33. The fraction of sp³-hybridized carbons (Fsp3) is 0.600. The van der Waals surface area contributed by atoms with E-state index in [1.165, 1.54) is 0 Å². The molecule has 0 aliphatic carbocycles. The first-order chi connectivity index (χ1) is 14.1. The number of nitrogens with one attached hydrogen (secondary N) is 1. The average molecular weight is 417 g/mol. The Morgan fingerprint density at radius 2 is 1.83 bits per heavy atom. The van der Waals surface area contributed by atoms with Crippen LogP contribution in [-0.2, 0) is 11.3 Å². The van der Waals surface area contributed by atoms with Crippen LogP contribution < -0.4 is 15.1 Å². The minimum atomic E-state index is 0.0396. The molecule has 9 heteroatoms. The van der Waals surface area contributed by atoms with E-state index in [-0.39, 0.29) is 11.8 Å². The number of thioether (sulfide) groups is 1. The molecule has 0 bridgehead atoms. The molecule has 29 heavy (non-hydrogen) atoms. The minimum Gasteiger partial charge on any atom is -0.369 e. The van der Waals surface area contributed by atoms with E-state index < -0.39 is 0 Å². The Bertz CT molecular complexity index is 806. The van der Waals surface area contributed by atoms with Crippen LogP contribution in [0.5, 0.6) is 0 Å². The van der Waals surface area contributed by atoms with Gasteiger partial charge in [-0.05, 0) is 26.7 Å². The van der Waals surface area contributed by atoms with E-state index >= 15 is 0 Å². The number of amides is 1. The van der Waals surface area contributed by atoms with Gasteiger partial charge in [-0.15, -0.1) is 0 Å². The van der Waals surface area contributed by atoms with Gasteiger partial charge in [-0.2, -0.15) is 11.8 Å². The highest BCUT2D eigenvalue weighted by atomic mass is 32.2. The standard InChI is InChI=1S/C20H28N6O2S/c1-14-18(15(2)28-24-14)13-21-19(27)16-3-5-25(6-4-16)17-11-22-20(23-12-17)26-7-9-29-10-8-26/h11-12,16H,3-10,13H2,1-2H3,(H,21,27). The second-order valence-electron chi connectivity index (χ2n) is 7.62. The quantitative estimate of drug-likeness (QED) is 0.794. The average Bonchev–Trinajstić information content (AvgIpc) is 3.10. The van der Waals surface area contributed by atoms with Crippen molar-refractivity contribution in [3.05, 3.63) is 29.4 Å². The van der Waals surface area contributed by atoms with E-state index in [0.717, 1.165) is 79.2 Å². The molecule has 0 aromatic carbocycles. The van der Waals surface area contributed by atoms with Crippen molar-refractivity contribution < 1.29 is 9.32 Å². The van der Waals surface area contributed by atoms with Crippen molar-refractivity contribution in [3.8, 4) is 0 Å². The lowest BCUT2D eigenvalue weighted by atomic mass is 9.95. The second-order valence-corrected chi connectivity index (χ2v) is 8.85. The van der Waals surface area contributed by atoms with Gasteiger partial charge in [-0.25, -0.2) is 9.97 Å². The van der Waals surface area contributed by atoms with Gasteiger partial charge in [0.1, 0.15) is 5.76 Å². The molecule has 2 aromatic heterocycles. The van der Waals surface area contributed by atoms with E-state index in [4.69, 9.17) is 4.52 Å². The Morgan fingerprint density at radius 3 is 2.45 bits per heavy atom. The van der Waals surface area contributed by atoms with Crippen molar-refractivity contribution in [2.24, 2.45) is 5.92 Å². The summed E-state index contributed by atoms with van der Waals surface area (Å²) in [5.74, 6) is 4.01. The van der Waals surface area contributed by atoms with Crippen LogP contribution in [0.3, 0.4) is 0 Å².